The molecule has 0 aliphatic rings. The van der Waals surface area contributed by atoms with Gasteiger partial charge in [0.1, 0.15) is 17.3 Å². The van der Waals surface area contributed by atoms with E-state index in [0.717, 1.165) is 15.8 Å². The van der Waals surface area contributed by atoms with Gasteiger partial charge in [0.2, 0.25) is 0 Å². The molecule has 1 amide bonds. The van der Waals surface area contributed by atoms with Crippen molar-refractivity contribution in [3.05, 3.63) is 82.0 Å². The van der Waals surface area contributed by atoms with E-state index in [1.54, 1.807) is 19.2 Å². The summed E-state index contributed by atoms with van der Waals surface area (Å²) in [5, 5.41) is 2.85. The van der Waals surface area contributed by atoms with Crippen LogP contribution in [-0.4, -0.2) is 18.0 Å². The number of nitrogens with two attached hydrogens (primary N) is 1. The Morgan fingerprint density at radius 2 is 1.86 bits per heavy atom. The molecule has 0 saturated carbocycles. The monoisotopic (exact) mass is 441 g/mol. The second-order valence-corrected chi connectivity index (χ2v) is 6.97. The maximum absolute atomic E-state index is 12.4. The largest absolute Gasteiger partial charge is 0.457 e. The van der Waals surface area contributed by atoms with Crippen LogP contribution in [0.5, 0.6) is 11.5 Å². The Labute approximate surface area is 171 Å². The third kappa shape index (κ3) is 5.31. The van der Waals surface area contributed by atoms with Gasteiger partial charge in [0, 0.05) is 18.1 Å². The van der Waals surface area contributed by atoms with E-state index >= 15 is 0 Å². The van der Waals surface area contributed by atoms with E-state index in [4.69, 9.17) is 15.2 Å². The number of carbonyl (C=O) groups excluding carboxylic acids is 1. The first-order chi connectivity index (χ1) is 13.5. The first-order valence-corrected chi connectivity index (χ1v) is 9.39. The molecular formula is C21H20BrN3O3. The average Bonchev–Trinajstić information content (AvgIpc) is 2.67. The van der Waals surface area contributed by atoms with Gasteiger partial charge in [0.25, 0.3) is 5.91 Å². The molecule has 1 heterocycles. The zero-order valence-corrected chi connectivity index (χ0v) is 16.9. The maximum Gasteiger partial charge on any atom is 0.255 e. The summed E-state index contributed by atoms with van der Waals surface area (Å²) in [6, 6.07) is 18.5. The molecule has 0 atom stereocenters. The highest BCUT2D eigenvalue weighted by atomic mass is 79.9. The van der Waals surface area contributed by atoms with Gasteiger partial charge >= 0.3 is 0 Å². The minimum absolute atomic E-state index is 0.179. The lowest BCUT2D eigenvalue weighted by Gasteiger charge is -2.10. The van der Waals surface area contributed by atoms with Gasteiger partial charge in [-0.15, -0.1) is 0 Å². The van der Waals surface area contributed by atoms with Crippen molar-refractivity contribution in [1.82, 2.24) is 10.3 Å². The SMILES string of the molecule is COCc1ccc(C(=O)NCc2cccc(Oc3cccc(Br)c3)c2)c(N)n1. The fourth-order valence-corrected chi connectivity index (χ4v) is 2.98. The number of nitrogens with zero attached hydrogens (tertiary/aromatic N) is 1. The van der Waals surface area contributed by atoms with Gasteiger partial charge in [0.15, 0.2) is 0 Å². The van der Waals surface area contributed by atoms with Crippen LogP contribution in [0, 0.1) is 0 Å². The number of carbonyl (C=O) groups is 1. The standard InChI is InChI=1S/C21H20BrN3O3/c1-27-13-16-8-9-19(20(23)25-16)21(26)24-12-14-4-2-6-17(10-14)28-18-7-3-5-15(22)11-18/h2-11H,12-13H2,1H3,(H2,23,25)(H,24,26). The zero-order chi connectivity index (χ0) is 19.9. The molecule has 3 N–H and O–H groups in total. The van der Waals surface area contributed by atoms with Gasteiger partial charge in [-0.3, -0.25) is 4.79 Å². The summed E-state index contributed by atoms with van der Waals surface area (Å²) in [5.74, 6) is 1.31. The van der Waals surface area contributed by atoms with Crippen LogP contribution in [-0.2, 0) is 17.9 Å². The molecule has 6 nitrogen and oxygen atoms in total. The number of aromatic nitrogens is 1. The second-order valence-electron chi connectivity index (χ2n) is 6.06. The van der Waals surface area contributed by atoms with Crippen LogP contribution >= 0.6 is 15.9 Å². The number of anilines is 1. The van der Waals surface area contributed by atoms with E-state index in [1.165, 1.54) is 0 Å². The van der Waals surface area contributed by atoms with Crippen molar-refractivity contribution in [2.75, 3.05) is 12.8 Å². The third-order valence-electron chi connectivity index (χ3n) is 3.90. The number of nitrogens with one attached hydrogen (secondary N) is 1. The number of hydrogen-bond donors (Lipinski definition) is 2. The molecule has 0 spiro atoms. The Balaban J connectivity index is 1.64. The first kappa shape index (κ1) is 19.9. The summed E-state index contributed by atoms with van der Waals surface area (Å²) in [4.78, 5) is 16.6. The molecule has 28 heavy (non-hydrogen) atoms. The predicted molar refractivity (Wildman–Crippen MR) is 111 cm³/mol. The molecule has 0 fully saturated rings. The number of halogens is 1. The molecule has 144 valence electrons. The lowest BCUT2D eigenvalue weighted by atomic mass is 10.2. The van der Waals surface area contributed by atoms with Crippen molar-refractivity contribution < 1.29 is 14.3 Å². The minimum Gasteiger partial charge on any atom is -0.457 e. The highest BCUT2D eigenvalue weighted by molar-refractivity contribution is 9.10. The van der Waals surface area contributed by atoms with Gasteiger partial charge in [-0.2, -0.15) is 0 Å². The van der Waals surface area contributed by atoms with Crippen molar-refractivity contribution >= 4 is 27.7 Å². The van der Waals surface area contributed by atoms with Gasteiger partial charge in [0.05, 0.1) is 17.9 Å². The van der Waals surface area contributed by atoms with Crippen LogP contribution in [0.25, 0.3) is 0 Å². The minimum atomic E-state index is -0.285. The molecule has 0 unspecified atom stereocenters. The molecule has 7 heteroatoms. The zero-order valence-electron chi connectivity index (χ0n) is 15.3. The van der Waals surface area contributed by atoms with Crippen molar-refractivity contribution in [3.8, 4) is 11.5 Å². The smallest absolute Gasteiger partial charge is 0.255 e. The highest BCUT2D eigenvalue weighted by Crippen LogP contribution is 2.25. The molecular weight excluding hydrogens is 422 g/mol. The number of hydrogen-bond acceptors (Lipinski definition) is 5. The lowest BCUT2D eigenvalue weighted by molar-refractivity contribution is 0.0951. The van der Waals surface area contributed by atoms with E-state index < -0.39 is 0 Å². The van der Waals surface area contributed by atoms with Crippen molar-refractivity contribution in [2.24, 2.45) is 0 Å². The molecule has 3 rings (SSSR count). The Hall–Kier alpha value is -2.90. The van der Waals surface area contributed by atoms with Crippen LogP contribution in [0.2, 0.25) is 0 Å². The number of ether oxygens (including phenoxy) is 2. The Kier molecular flexibility index (Phi) is 6.62. The molecule has 0 bridgehead atoms. The number of benzene rings is 2. The first-order valence-electron chi connectivity index (χ1n) is 8.60. The average molecular weight is 442 g/mol. The molecule has 2 aromatic carbocycles. The number of amides is 1. The fraction of sp³-hybridized carbons (Fsp3) is 0.143. The number of methoxy groups -OCH3 is 1. The van der Waals surface area contributed by atoms with Crippen molar-refractivity contribution in [1.29, 1.82) is 0 Å². The van der Waals surface area contributed by atoms with Gasteiger partial charge in [-0.05, 0) is 48.0 Å². The third-order valence-corrected chi connectivity index (χ3v) is 4.40. The number of rotatable bonds is 7. The Morgan fingerprint density at radius 1 is 1.11 bits per heavy atom. The quantitative estimate of drug-likeness (QED) is 0.570. The molecule has 0 saturated heterocycles. The summed E-state index contributed by atoms with van der Waals surface area (Å²) in [7, 11) is 1.58. The Bertz CT molecular complexity index is 979. The normalized spacial score (nSPS) is 10.5. The highest BCUT2D eigenvalue weighted by Gasteiger charge is 2.11. The maximum atomic E-state index is 12.4. The summed E-state index contributed by atoms with van der Waals surface area (Å²) >= 11 is 3.42. The van der Waals surface area contributed by atoms with Gasteiger partial charge < -0.3 is 20.5 Å². The number of nitrogen functional groups attached to an aromatic ring is 1. The van der Waals surface area contributed by atoms with E-state index in [1.807, 2.05) is 48.5 Å². The van der Waals surface area contributed by atoms with E-state index in [2.05, 4.69) is 26.2 Å². The summed E-state index contributed by atoms with van der Waals surface area (Å²) in [6.45, 7) is 0.685. The van der Waals surface area contributed by atoms with Crippen LogP contribution in [0.15, 0.2) is 65.1 Å². The molecule has 1 aromatic heterocycles. The molecule has 0 aliphatic carbocycles. The predicted octanol–water partition coefficient (Wildman–Crippen LogP) is 4.30. The van der Waals surface area contributed by atoms with Crippen LogP contribution in [0.3, 0.4) is 0 Å². The van der Waals surface area contributed by atoms with Crippen molar-refractivity contribution in [3.63, 3.8) is 0 Å². The summed E-state index contributed by atoms with van der Waals surface area (Å²) in [6.07, 6.45) is 0. The van der Waals surface area contributed by atoms with Crippen LogP contribution in [0.1, 0.15) is 21.6 Å². The number of pyridine rings is 1. The lowest BCUT2D eigenvalue weighted by Crippen LogP contribution is -2.24. The second kappa shape index (κ2) is 9.34. The topological polar surface area (TPSA) is 86.5 Å². The van der Waals surface area contributed by atoms with E-state index in [9.17, 15) is 4.79 Å². The van der Waals surface area contributed by atoms with Crippen LogP contribution < -0.4 is 15.8 Å². The van der Waals surface area contributed by atoms with E-state index in [0.29, 0.717) is 30.2 Å². The molecule has 0 radical (unpaired) electrons. The Morgan fingerprint density at radius 3 is 2.57 bits per heavy atom. The van der Waals surface area contributed by atoms with E-state index in [-0.39, 0.29) is 11.7 Å². The van der Waals surface area contributed by atoms with Crippen molar-refractivity contribution in [2.45, 2.75) is 13.2 Å². The summed E-state index contributed by atoms with van der Waals surface area (Å²) in [5.41, 5.74) is 7.81. The summed E-state index contributed by atoms with van der Waals surface area (Å²) < 4.78 is 11.8. The van der Waals surface area contributed by atoms with Crippen LogP contribution in [0.4, 0.5) is 5.82 Å². The van der Waals surface area contributed by atoms with Gasteiger partial charge in [-0.25, -0.2) is 4.98 Å². The molecule has 0 aliphatic heterocycles. The molecule has 3 aromatic rings. The fourth-order valence-electron chi connectivity index (χ4n) is 2.60. The van der Waals surface area contributed by atoms with Gasteiger partial charge in [-0.1, -0.05) is 34.1 Å².